The quantitative estimate of drug-likeness (QED) is 0.461. The summed E-state index contributed by atoms with van der Waals surface area (Å²) in [4.78, 5) is 9.15. The number of rotatable bonds is 3. The molecule has 2 heterocycles. The lowest BCUT2D eigenvalue weighted by atomic mass is 10.1. The van der Waals surface area contributed by atoms with Gasteiger partial charge in [-0.3, -0.25) is 0 Å². The average Bonchev–Trinajstić information content (AvgIpc) is 3.02. The molecule has 0 aliphatic rings. The van der Waals surface area contributed by atoms with Crippen molar-refractivity contribution in [3.05, 3.63) is 77.1 Å². The van der Waals surface area contributed by atoms with E-state index in [4.69, 9.17) is 11.6 Å². The maximum atomic E-state index is 5.95. The van der Waals surface area contributed by atoms with Crippen LogP contribution in [0.1, 0.15) is 25.1 Å². The van der Waals surface area contributed by atoms with Crippen LogP contribution in [0.25, 0.3) is 22.2 Å². The van der Waals surface area contributed by atoms with E-state index in [0.29, 0.717) is 6.04 Å². The smallest absolute Gasteiger partial charge is 0.203 e. The Hall–Kier alpha value is -3.29. The monoisotopic (exact) mass is 400 g/mol. The summed E-state index contributed by atoms with van der Waals surface area (Å²) >= 11 is 5.95. The first kappa shape index (κ1) is 19.0. The molecule has 0 bridgehead atoms. The lowest BCUT2D eigenvalue weighted by Gasteiger charge is -2.08. The average molecular weight is 401 g/mol. The molecule has 0 atom stereocenters. The molecule has 0 fully saturated rings. The third-order valence-corrected chi connectivity index (χ3v) is 4.83. The van der Waals surface area contributed by atoms with Gasteiger partial charge < -0.3 is 9.88 Å². The molecule has 4 nitrogen and oxygen atoms in total. The number of fused-ring (bicyclic) bond motifs is 1. The Morgan fingerprint density at radius 3 is 2.41 bits per heavy atom. The van der Waals surface area contributed by atoms with E-state index in [-0.39, 0.29) is 0 Å². The lowest BCUT2D eigenvalue weighted by molar-refractivity contribution is 0.843. The predicted molar refractivity (Wildman–Crippen MR) is 120 cm³/mol. The molecule has 5 heteroatoms. The first-order valence-electron chi connectivity index (χ1n) is 9.46. The number of aryl methyl sites for hydroxylation is 1. The van der Waals surface area contributed by atoms with Crippen LogP contribution in [0.15, 0.2) is 60.8 Å². The minimum Gasteiger partial charge on any atom is -0.353 e. The highest BCUT2D eigenvalue weighted by Crippen LogP contribution is 2.21. The second-order valence-corrected chi connectivity index (χ2v) is 7.62. The second kappa shape index (κ2) is 7.98. The molecule has 0 amide bonds. The summed E-state index contributed by atoms with van der Waals surface area (Å²) in [6.07, 6.45) is 1.83. The minimum atomic E-state index is 0.326. The van der Waals surface area contributed by atoms with Gasteiger partial charge in [0.1, 0.15) is 5.69 Å². The van der Waals surface area contributed by atoms with Crippen molar-refractivity contribution >= 4 is 28.6 Å². The van der Waals surface area contributed by atoms with Crippen molar-refractivity contribution in [2.45, 2.75) is 19.9 Å². The fourth-order valence-electron chi connectivity index (χ4n) is 3.08. The van der Waals surface area contributed by atoms with Gasteiger partial charge in [-0.15, -0.1) is 0 Å². The normalized spacial score (nSPS) is 10.8. The molecular formula is C24H21ClN4. The fourth-order valence-corrected chi connectivity index (χ4v) is 3.21. The van der Waals surface area contributed by atoms with Crippen molar-refractivity contribution in [3.8, 4) is 23.0 Å². The van der Waals surface area contributed by atoms with Gasteiger partial charge in [0.25, 0.3) is 0 Å². The van der Waals surface area contributed by atoms with Gasteiger partial charge >= 0.3 is 0 Å². The van der Waals surface area contributed by atoms with Crippen LogP contribution in [0.3, 0.4) is 0 Å². The summed E-state index contributed by atoms with van der Waals surface area (Å²) in [5.74, 6) is 7.19. The fraction of sp³-hybridized carbons (Fsp3) is 0.167. The summed E-state index contributed by atoms with van der Waals surface area (Å²) in [5.41, 5.74) is 5.75. The van der Waals surface area contributed by atoms with Gasteiger partial charge in [-0.2, -0.15) is 0 Å². The van der Waals surface area contributed by atoms with Crippen LogP contribution in [0.2, 0.25) is 5.02 Å². The molecule has 0 radical (unpaired) electrons. The van der Waals surface area contributed by atoms with Gasteiger partial charge in [-0.25, -0.2) is 9.97 Å². The van der Waals surface area contributed by atoms with Gasteiger partial charge in [0, 0.05) is 35.4 Å². The van der Waals surface area contributed by atoms with Crippen molar-refractivity contribution in [1.82, 2.24) is 14.5 Å². The van der Waals surface area contributed by atoms with Crippen LogP contribution in [0, 0.1) is 11.8 Å². The van der Waals surface area contributed by atoms with Crippen molar-refractivity contribution in [1.29, 1.82) is 0 Å². The molecule has 0 unspecified atom stereocenters. The highest BCUT2D eigenvalue weighted by molar-refractivity contribution is 6.30. The SMILES string of the molecule is CC(C)Nc1nc2cc(C#Cc3ccc(-c4ccc(Cl)cc4)cn3)ccc2n1C. The lowest BCUT2D eigenvalue weighted by Crippen LogP contribution is -2.13. The van der Waals surface area contributed by atoms with Crippen molar-refractivity contribution in [2.75, 3.05) is 5.32 Å². The number of aromatic nitrogens is 3. The molecule has 29 heavy (non-hydrogen) atoms. The summed E-state index contributed by atoms with van der Waals surface area (Å²) in [7, 11) is 2.01. The predicted octanol–water partition coefficient (Wildman–Crippen LogP) is 5.51. The maximum absolute atomic E-state index is 5.95. The zero-order valence-electron chi connectivity index (χ0n) is 16.6. The molecule has 4 aromatic rings. The summed E-state index contributed by atoms with van der Waals surface area (Å²) in [5, 5.41) is 4.08. The Morgan fingerprint density at radius 2 is 1.72 bits per heavy atom. The molecule has 0 spiro atoms. The van der Waals surface area contributed by atoms with E-state index in [0.717, 1.165) is 44.4 Å². The number of hydrogen-bond acceptors (Lipinski definition) is 3. The number of nitrogens with one attached hydrogen (secondary N) is 1. The zero-order valence-corrected chi connectivity index (χ0v) is 17.3. The van der Waals surface area contributed by atoms with Gasteiger partial charge in [-0.1, -0.05) is 35.7 Å². The Balaban J connectivity index is 1.56. The number of imidazole rings is 1. The van der Waals surface area contributed by atoms with Gasteiger partial charge in [0.15, 0.2) is 0 Å². The molecule has 0 aliphatic heterocycles. The largest absolute Gasteiger partial charge is 0.353 e. The molecule has 0 saturated heterocycles. The van der Waals surface area contributed by atoms with Crippen LogP contribution in [0.5, 0.6) is 0 Å². The third kappa shape index (κ3) is 4.26. The van der Waals surface area contributed by atoms with E-state index in [2.05, 4.69) is 51.6 Å². The van der Waals surface area contributed by atoms with E-state index >= 15 is 0 Å². The summed E-state index contributed by atoms with van der Waals surface area (Å²) in [6, 6.07) is 18.1. The number of anilines is 1. The zero-order chi connectivity index (χ0) is 20.4. The molecule has 4 rings (SSSR count). The Bertz CT molecular complexity index is 1210. The minimum absolute atomic E-state index is 0.326. The maximum Gasteiger partial charge on any atom is 0.203 e. The van der Waals surface area contributed by atoms with E-state index in [1.165, 1.54) is 0 Å². The Kier molecular flexibility index (Phi) is 5.24. The molecule has 2 aromatic carbocycles. The molecular weight excluding hydrogens is 380 g/mol. The van der Waals surface area contributed by atoms with Crippen LogP contribution < -0.4 is 5.32 Å². The van der Waals surface area contributed by atoms with E-state index in [9.17, 15) is 0 Å². The molecule has 2 aromatic heterocycles. The van der Waals surface area contributed by atoms with E-state index < -0.39 is 0 Å². The van der Waals surface area contributed by atoms with Crippen LogP contribution in [-0.4, -0.2) is 20.6 Å². The molecule has 1 N–H and O–H groups in total. The van der Waals surface area contributed by atoms with Crippen LogP contribution >= 0.6 is 11.6 Å². The molecule has 0 aliphatic carbocycles. The van der Waals surface area contributed by atoms with Crippen LogP contribution in [0.4, 0.5) is 5.95 Å². The number of halogens is 1. The summed E-state index contributed by atoms with van der Waals surface area (Å²) < 4.78 is 2.06. The van der Waals surface area contributed by atoms with Crippen molar-refractivity contribution in [3.63, 3.8) is 0 Å². The van der Waals surface area contributed by atoms with Crippen LogP contribution in [-0.2, 0) is 7.05 Å². The van der Waals surface area contributed by atoms with Crippen molar-refractivity contribution < 1.29 is 0 Å². The number of nitrogens with zero attached hydrogens (tertiary/aromatic N) is 3. The van der Waals surface area contributed by atoms with E-state index in [1.54, 1.807) is 0 Å². The second-order valence-electron chi connectivity index (χ2n) is 7.19. The topological polar surface area (TPSA) is 42.7 Å². The van der Waals surface area contributed by atoms with Gasteiger partial charge in [0.05, 0.1) is 11.0 Å². The highest BCUT2D eigenvalue weighted by Gasteiger charge is 2.08. The first-order chi connectivity index (χ1) is 14.0. The van der Waals surface area contributed by atoms with Gasteiger partial charge in [-0.05, 0) is 61.7 Å². The molecule has 0 saturated carbocycles. The van der Waals surface area contributed by atoms with E-state index in [1.807, 2.05) is 61.8 Å². The van der Waals surface area contributed by atoms with Gasteiger partial charge in [0.2, 0.25) is 5.95 Å². The number of pyridine rings is 1. The third-order valence-electron chi connectivity index (χ3n) is 4.57. The molecule has 144 valence electrons. The van der Waals surface area contributed by atoms with Crippen molar-refractivity contribution in [2.24, 2.45) is 7.05 Å². The standard InChI is InChI=1S/C24H21ClN4/c1-16(2)27-24-28-22-14-17(5-13-23(22)29(24)3)4-11-21-12-8-19(15-26-21)18-6-9-20(25)10-7-18/h5-10,12-16H,1-3H3,(H,27,28). The summed E-state index contributed by atoms with van der Waals surface area (Å²) in [6.45, 7) is 4.20. The first-order valence-corrected chi connectivity index (χ1v) is 9.84. The highest BCUT2D eigenvalue weighted by atomic mass is 35.5. The Labute approximate surface area is 175 Å². The Morgan fingerprint density at radius 1 is 0.966 bits per heavy atom. The number of hydrogen-bond donors (Lipinski definition) is 1. The number of benzene rings is 2.